The maximum absolute atomic E-state index is 3.50. The van der Waals surface area contributed by atoms with Crippen molar-refractivity contribution in [2.24, 2.45) is 0 Å². The summed E-state index contributed by atoms with van der Waals surface area (Å²) in [5, 5.41) is 0. The molecule has 0 atom stereocenters. The van der Waals surface area contributed by atoms with Crippen LogP contribution in [0.25, 0.3) is 17.7 Å². The van der Waals surface area contributed by atoms with Crippen LogP contribution in [0, 0.1) is 0 Å². The number of benzene rings is 1. The van der Waals surface area contributed by atoms with Crippen LogP contribution < -0.4 is 0 Å². The van der Waals surface area contributed by atoms with E-state index < -0.39 is 0 Å². The van der Waals surface area contributed by atoms with Gasteiger partial charge in [-0.1, -0.05) is 71.0 Å². The summed E-state index contributed by atoms with van der Waals surface area (Å²) in [7, 11) is 0. The van der Waals surface area contributed by atoms with Gasteiger partial charge in [0.2, 0.25) is 0 Å². The van der Waals surface area contributed by atoms with E-state index in [-0.39, 0.29) is 5.41 Å². The second kappa shape index (κ2) is 6.17. The molecule has 1 aliphatic carbocycles. The number of rotatable bonds is 1. The third kappa shape index (κ3) is 3.36. The van der Waals surface area contributed by atoms with Gasteiger partial charge in [0.05, 0.1) is 0 Å². The van der Waals surface area contributed by atoms with Gasteiger partial charge in [0, 0.05) is 16.8 Å². The highest BCUT2D eigenvalue weighted by atomic mass is 14.7. The molecule has 0 saturated carbocycles. The first-order valence-corrected chi connectivity index (χ1v) is 7.73. The Morgan fingerprint density at radius 3 is 2.29 bits per heavy atom. The first-order valence-electron chi connectivity index (χ1n) is 7.73. The monoisotopic (exact) mass is 279 g/mol. The van der Waals surface area contributed by atoms with E-state index in [4.69, 9.17) is 0 Å². The van der Waals surface area contributed by atoms with E-state index in [0.29, 0.717) is 0 Å². The molecule has 3 rings (SSSR count). The van der Waals surface area contributed by atoms with Gasteiger partial charge in [-0.15, -0.1) is 0 Å². The molecule has 1 nitrogen and oxygen atoms in total. The number of fused-ring (bicyclic) bond motifs is 1. The van der Waals surface area contributed by atoms with Crippen LogP contribution in [0.1, 0.15) is 57.1 Å². The zero-order chi connectivity index (χ0) is 15.5. The average molecular weight is 279 g/mol. The summed E-state index contributed by atoms with van der Waals surface area (Å²) in [5.41, 5.74) is 6.50. The summed E-state index contributed by atoms with van der Waals surface area (Å²) in [5.74, 6) is 0. The van der Waals surface area contributed by atoms with Crippen LogP contribution in [0.4, 0.5) is 0 Å². The Morgan fingerprint density at radius 1 is 0.905 bits per heavy atom. The van der Waals surface area contributed by atoms with Crippen LogP contribution in [0.15, 0.2) is 42.5 Å². The molecule has 0 aliphatic heterocycles. The molecule has 0 radical (unpaired) electrons. The van der Waals surface area contributed by atoms with Gasteiger partial charge in [0.25, 0.3) is 0 Å². The molecule has 110 valence electrons. The molecule has 1 heteroatoms. The molecule has 1 aliphatic rings. The lowest BCUT2D eigenvalue weighted by Gasteiger charge is -2.15. The number of nitrogens with one attached hydrogen (secondary N) is 1. The minimum Gasteiger partial charge on any atom is -0.358 e. The Labute approximate surface area is 128 Å². The Kier molecular flexibility index (Phi) is 4.52. The highest BCUT2D eigenvalue weighted by molar-refractivity contribution is 5.97. The Balaban J connectivity index is 0.000000774. The maximum Gasteiger partial charge on any atom is 0.0388 e. The van der Waals surface area contributed by atoms with Gasteiger partial charge in [0.1, 0.15) is 0 Å². The standard InChI is InChI=1S/C18H19N.C2H6/c1-18(2,3)17-11-10-15(19-17)12-14-9-8-13-6-4-5-7-16(13)14;1-2/h4-12,19H,1-3H3;1-2H3/b14-12+;. The summed E-state index contributed by atoms with van der Waals surface area (Å²) in [4.78, 5) is 3.50. The third-order valence-electron chi connectivity index (χ3n) is 3.54. The molecule has 0 amide bonds. The predicted molar refractivity (Wildman–Crippen MR) is 94.2 cm³/mol. The SMILES string of the molecule is CC.CC(C)(C)c1ccc(/C=C2\C=Cc3ccccc32)[nH]1. The fraction of sp³-hybridized carbons (Fsp3) is 0.300. The number of aromatic amines is 1. The predicted octanol–water partition coefficient (Wildman–Crippen LogP) is 5.91. The van der Waals surface area contributed by atoms with Gasteiger partial charge in [0.15, 0.2) is 0 Å². The molecule has 1 aromatic carbocycles. The molecular weight excluding hydrogens is 254 g/mol. The van der Waals surface area contributed by atoms with Crippen LogP contribution >= 0.6 is 0 Å². The number of hydrogen-bond donors (Lipinski definition) is 1. The van der Waals surface area contributed by atoms with E-state index in [1.807, 2.05) is 13.8 Å². The molecule has 1 heterocycles. The Morgan fingerprint density at radius 2 is 1.62 bits per heavy atom. The number of aromatic nitrogens is 1. The van der Waals surface area contributed by atoms with E-state index >= 15 is 0 Å². The van der Waals surface area contributed by atoms with Gasteiger partial charge in [-0.25, -0.2) is 0 Å². The lowest BCUT2D eigenvalue weighted by molar-refractivity contribution is 0.572. The molecule has 0 saturated heterocycles. The van der Waals surface area contributed by atoms with E-state index in [9.17, 15) is 0 Å². The summed E-state index contributed by atoms with van der Waals surface area (Å²) in [6.45, 7) is 10.7. The van der Waals surface area contributed by atoms with E-state index in [0.717, 1.165) is 0 Å². The van der Waals surface area contributed by atoms with Gasteiger partial charge in [-0.2, -0.15) is 0 Å². The van der Waals surface area contributed by atoms with Crippen molar-refractivity contribution >= 4 is 17.7 Å². The van der Waals surface area contributed by atoms with Crippen LogP contribution in [-0.4, -0.2) is 4.98 Å². The van der Waals surface area contributed by atoms with Crippen LogP contribution in [0.3, 0.4) is 0 Å². The zero-order valence-electron chi connectivity index (χ0n) is 13.7. The summed E-state index contributed by atoms with van der Waals surface area (Å²) in [6, 6.07) is 12.8. The summed E-state index contributed by atoms with van der Waals surface area (Å²) in [6.07, 6.45) is 6.58. The summed E-state index contributed by atoms with van der Waals surface area (Å²) < 4.78 is 0. The van der Waals surface area contributed by atoms with Crippen molar-refractivity contribution < 1.29 is 0 Å². The zero-order valence-corrected chi connectivity index (χ0v) is 13.7. The topological polar surface area (TPSA) is 15.8 Å². The fourth-order valence-electron chi connectivity index (χ4n) is 2.40. The number of allylic oxidation sites excluding steroid dienone is 2. The van der Waals surface area contributed by atoms with Crippen molar-refractivity contribution in [3.63, 3.8) is 0 Å². The molecule has 0 unspecified atom stereocenters. The highest BCUT2D eigenvalue weighted by Gasteiger charge is 2.15. The van der Waals surface area contributed by atoms with Crippen molar-refractivity contribution in [2.75, 3.05) is 0 Å². The van der Waals surface area contributed by atoms with E-state index in [1.165, 1.54) is 28.1 Å². The second-order valence-corrected chi connectivity index (χ2v) is 6.10. The molecule has 1 aromatic heterocycles. The minimum absolute atomic E-state index is 0.167. The molecule has 1 N–H and O–H groups in total. The first-order chi connectivity index (χ1) is 10.0. The maximum atomic E-state index is 3.50. The molecular formula is C20H25N. The normalized spacial score (nSPS) is 14.8. The smallest absolute Gasteiger partial charge is 0.0388 e. The quantitative estimate of drug-likeness (QED) is 0.668. The van der Waals surface area contributed by atoms with E-state index in [1.54, 1.807) is 0 Å². The first kappa shape index (κ1) is 15.4. The van der Waals surface area contributed by atoms with Crippen LogP contribution in [0.5, 0.6) is 0 Å². The Hall–Kier alpha value is -2.02. The van der Waals surface area contributed by atoms with Gasteiger partial charge < -0.3 is 4.98 Å². The molecule has 21 heavy (non-hydrogen) atoms. The lowest BCUT2D eigenvalue weighted by atomic mass is 9.93. The number of hydrogen-bond acceptors (Lipinski definition) is 0. The lowest BCUT2D eigenvalue weighted by Crippen LogP contribution is -2.11. The minimum atomic E-state index is 0.167. The van der Waals surface area contributed by atoms with Crippen molar-refractivity contribution in [3.8, 4) is 0 Å². The van der Waals surface area contributed by atoms with Gasteiger partial charge in [-0.3, -0.25) is 0 Å². The van der Waals surface area contributed by atoms with Gasteiger partial charge >= 0.3 is 0 Å². The highest BCUT2D eigenvalue weighted by Crippen LogP contribution is 2.31. The fourth-order valence-corrected chi connectivity index (χ4v) is 2.40. The van der Waals surface area contributed by atoms with Crippen molar-refractivity contribution in [1.29, 1.82) is 0 Å². The third-order valence-corrected chi connectivity index (χ3v) is 3.54. The second-order valence-electron chi connectivity index (χ2n) is 6.10. The summed E-state index contributed by atoms with van der Waals surface area (Å²) >= 11 is 0. The van der Waals surface area contributed by atoms with Crippen LogP contribution in [-0.2, 0) is 5.41 Å². The van der Waals surface area contributed by atoms with Crippen molar-refractivity contribution in [3.05, 3.63) is 65.0 Å². The molecule has 0 bridgehead atoms. The average Bonchev–Trinajstić information content (AvgIpc) is 3.09. The van der Waals surface area contributed by atoms with Gasteiger partial charge in [-0.05, 0) is 34.9 Å². The largest absolute Gasteiger partial charge is 0.358 e. The van der Waals surface area contributed by atoms with Crippen molar-refractivity contribution in [1.82, 2.24) is 4.98 Å². The van der Waals surface area contributed by atoms with Crippen LogP contribution in [0.2, 0.25) is 0 Å². The molecule has 0 spiro atoms. The molecule has 0 fully saturated rings. The Bertz CT molecular complexity index is 663. The van der Waals surface area contributed by atoms with Crippen molar-refractivity contribution in [2.45, 2.75) is 40.0 Å². The van der Waals surface area contributed by atoms with E-state index in [2.05, 4.69) is 80.4 Å². The molecule has 2 aromatic rings. The number of H-pyrrole nitrogens is 1.